The molecule has 1 N–H and O–H groups in total. The Labute approximate surface area is 79.4 Å². The van der Waals surface area contributed by atoms with Crippen LogP contribution in [0.5, 0.6) is 5.75 Å². The molecule has 0 amide bonds. The molecule has 68 valence electrons. The van der Waals surface area contributed by atoms with E-state index >= 15 is 0 Å². The highest BCUT2D eigenvalue weighted by molar-refractivity contribution is 5.25. The molecule has 13 heavy (non-hydrogen) atoms. The van der Waals surface area contributed by atoms with Gasteiger partial charge in [-0.1, -0.05) is 12.1 Å². The molecular weight excluding hydrogens is 160 g/mol. The summed E-state index contributed by atoms with van der Waals surface area (Å²) in [6.45, 7) is 0. The zero-order chi connectivity index (χ0) is 9.52. The number of aryl methyl sites for hydroxylation is 1. The molecule has 0 aromatic heterocycles. The fourth-order valence-corrected chi connectivity index (χ4v) is 1.22. The molecule has 0 aliphatic heterocycles. The van der Waals surface area contributed by atoms with Crippen LogP contribution in [0, 0.1) is 12.3 Å². The van der Waals surface area contributed by atoms with Gasteiger partial charge in [0.05, 0.1) is 0 Å². The molecule has 0 aliphatic rings. The summed E-state index contributed by atoms with van der Waals surface area (Å²) in [5, 5.41) is 9.04. The van der Waals surface area contributed by atoms with Crippen LogP contribution in [0.1, 0.15) is 24.8 Å². The lowest BCUT2D eigenvalue weighted by Crippen LogP contribution is -1.84. The first-order chi connectivity index (χ1) is 6.33. The summed E-state index contributed by atoms with van der Waals surface area (Å²) in [7, 11) is 0. The summed E-state index contributed by atoms with van der Waals surface area (Å²) in [5.41, 5.74) is 1.26. The fraction of sp³-hybridized carbons (Fsp3) is 0.333. The maximum absolute atomic E-state index is 9.04. The second-order valence-corrected chi connectivity index (χ2v) is 3.08. The Balaban J connectivity index is 2.30. The van der Waals surface area contributed by atoms with Crippen molar-refractivity contribution in [3.63, 3.8) is 0 Å². The Morgan fingerprint density at radius 3 is 2.46 bits per heavy atom. The van der Waals surface area contributed by atoms with Crippen molar-refractivity contribution in [1.82, 2.24) is 0 Å². The van der Waals surface area contributed by atoms with E-state index in [9.17, 15) is 0 Å². The third-order valence-corrected chi connectivity index (χ3v) is 1.97. The second kappa shape index (κ2) is 5.27. The van der Waals surface area contributed by atoms with E-state index in [0.717, 1.165) is 25.7 Å². The summed E-state index contributed by atoms with van der Waals surface area (Å²) < 4.78 is 0. The summed E-state index contributed by atoms with van der Waals surface area (Å²) >= 11 is 0. The largest absolute Gasteiger partial charge is 0.508 e. The molecule has 1 aromatic carbocycles. The molecule has 1 aromatic rings. The lowest BCUT2D eigenvalue weighted by atomic mass is 10.1. The number of unbranched alkanes of at least 4 members (excludes halogenated alkanes) is 2. The zero-order valence-electron chi connectivity index (χ0n) is 7.66. The molecule has 0 saturated carbocycles. The Bertz CT molecular complexity index is 279. The predicted octanol–water partition coefficient (Wildman–Crippen LogP) is 2.74. The number of rotatable bonds is 4. The third kappa shape index (κ3) is 3.66. The van der Waals surface area contributed by atoms with Crippen LogP contribution >= 0.6 is 0 Å². The van der Waals surface area contributed by atoms with Gasteiger partial charge in [0.1, 0.15) is 5.75 Å². The number of hydrogen-bond acceptors (Lipinski definition) is 1. The van der Waals surface area contributed by atoms with E-state index < -0.39 is 0 Å². The van der Waals surface area contributed by atoms with Crippen LogP contribution in [0.15, 0.2) is 24.3 Å². The molecule has 0 atom stereocenters. The van der Waals surface area contributed by atoms with Gasteiger partial charge in [0.25, 0.3) is 0 Å². The minimum atomic E-state index is 0.326. The number of phenolic OH excluding ortho intramolecular Hbond substituents is 1. The first-order valence-electron chi connectivity index (χ1n) is 4.54. The van der Waals surface area contributed by atoms with Crippen LogP contribution in [0.4, 0.5) is 0 Å². The maximum Gasteiger partial charge on any atom is 0.115 e. The molecule has 1 rings (SSSR count). The van der Waals surface area contributed by atoms with E-state index in [1.807, 2.05) is 12.1 Å². The molecule has 0 aliphatic carbocycles. The van der Waals surface area contributed by atoms with E-state index in [2.05, 4.69) is 5.92 Å². The number of benzene rings is 1. The predicted molar refractivity (Wildman–Crippen MR) is 54.5 cm³/mol. The highest BCUT2D eigenvalue weighted by atomic mass is 16.3. The fourth-order valence-electron chi connectivity index (χ4n) is 1.22. The van der Waals surface area contributed by atoms with Crippen molar-refractivity contribution >= 4 is 0 Å². The molecule has 0 saturated heterocycles. The number of phenols is 1. The molecule has 0 fully saturated rings. The van der Waals surface area contributed by atoms with Crippen LogP contribution in [0.3, 0.4) is 0 Å². The van der Waals surface area contributed by atoms with E-state index in [1.54, 1.807) is 12.1 Å². The number of terminal acetylenes is 1. The summed E-state index contributed by atoms with van der Waals surface area (Å²) in [6.07, 6.45) is 9.25. The van der Waals surface area contributed by atoms with Gasteiger partial charge in [-0.15, -0.1) is 12.3 Å². The van der Waals surface area contributed by atoms with E-state index in [-0.39, 0.29) is 0 Å². The Morgan fingerprint density at radius 2 is 1.85 bits per heavy atom. The highest BCUT2D eigenvalue weighted by Gasteiger charge is 1.92. The van der Waals surface area contributed by atoms with Gasteiger partial charge in [0, 0.05) is 6.42 Å². The third-order valence-electron chi connectivity index (χ3n) is 1.97. The van der Waals surface area contributed by atoms with Crippen LogP contribution in [-0.4, -0.2) is 5.11 Å². The standard InChI is InChI=1S/C12H14O/c1-2-3-4-5-6-11-7-9-12(13)10-8-11/h1,7-10,13H,3-6H2. The Hall–Kier alpha value is -1.42. The van der Waals surface area contributed by atoms with Gasteiger partial charge in [-0.2, -0.15) is 0 Å². The first kappa shape index (κ1) is 9.67. The lowest BCUT2D eigenvalue weighted by molar-refractivity contribution is 0.475. The van der Waals surface area contributed by atoms with Crippen molar-refractivity contribution in [3.05, 3.63) is 29.8 Å². The molecule has 1 nitrogen and oxygen atoms in total. The minimum absolute atomic E-state index is 0.326. The van der Waals surface area contributed by atoms with Gasteiger partial charge in [-0.05, 0) is 37.0 Å². The molecule has 0 unspecified atom stereocenters. The second-order valence-electron chi connectivity index (χ2n) is 3.08. The normalized spacial score (nSPS) is 9.46. The van der Waals surface area contributed by atoms with Crippen LogP contribution in [0.25, 0.3) is 0 Å². The van der Waals surface area contributed by atoms with Crippen LogP contribution < -0.4 is 0 Å². The SMILES string of the molecule is C#CCCCCc1ccc(O)cc1. The minimum Gasteiger partial charge on any atom is -0.508 e. The Kier molecular flexibility index (Phi) is 3.92. The summed E-state index contributed by atoms with van der Waals surface area (Å²) in [6, 6.07) is 7.34. The Morgan fingerprint density at radius 1 is 1.15 bits per heavy atom. The van der Waals surface area contributed by atoms with Gasteiger partial charge in [-0.3, -0.25) is 0 Å². The molecule has 0 bridgehead atoms. The van der Waals surface area contributed by atoms with E-state index in [4.69, 9.17) is 11.5 Å². The molecule has 0 radical (unpaired) electrons. The van der Waals surface area contributed by atoms with Crippen molar-refractivity contribution in [2.24, 2.45) is 0 Å². The smallest absolute Gasteiger partial charge is 0.115 e. The van der Waals surface area contributed by atoms with Crippen LogP contribution in [-0.2, 0) is 6.42 Å². The van der Waals surface area contributed by atoms with E-state index in [0.29, 0.717) is 5.75 Å². The van der Waals surface area contributed by atoms with Gasteiger partial charge >= 0.3 is 0 Å². The number of aromatic hydroxyl groups is 1. The van der Waals surface area contributed by atoms with Gasteiger partial charge in [0.2, 0.25) is 0 Å². The average Bonchev–Trinajstić information content (AvgIpc) is 2.15. The van der Waals surface area contributed by atoms with E-state index in [1.165, 1.54) is 5.56 Å². The van der Waals surface area contributed by atoms with Crippen molar-refractivity contribution in [1.29, 1.82) is 0 Å². The summed E-state index contributed by atoms with van der Waals surface area (Å²) in [4.78, 5) is 0. The first-order valence-corrected chi connectivity index (χ1v) is 4.54. The zero-order valence-corrected chi connectivity index (χ0v) is 7.66. The highest BCUT2D eigenvalue weighted by Crippen LogP contribution is 2.12. The van der Waals surface area contributed by atoms with Crippen molar-refractivity contribution in [2.75, 3.05) is 0 Å². The molecule has 0 heterocycles. The van der Waals surface area contributed by atoms with Gasteiger partial charge in [-0.25, -0.2) is 0 Å². The van der Waals surface area contributed by atoms with Gasteiger partial charge in [0.15, 0.2) is 0 Å². The quantitative estimate of drug-likeness (QED) is 0.549. The maximum atomic E-state index is 9.04. The molecule has 0 spiro atoms. The number of hydrogen-bond donors (Lipinski definition) is 1. The van der Waals surface area contributed by atoms with Gasteiger partial charge < -0.3 is 5.11 Å². The summed E-state index contributed by atoms with van der Waals surface area (Å²) in [5.74, 6) is 2.95. The van der Waals surface area contributed by atoms with Crippen molar-refractivity contribution in [2.45, 2.75) is 25.7 Å². The van der Waals surface area contributed by atoms with Crippen LogP contribution in [0.2, 0.25) is 0 Å². The molecule has 1 heteroatoms. The molecular formula is C12H14O. The average molecular weight is 174 g/mol. The lowest BCUT2D eigenvalue weighted by Gasteiger charge is -1.99. The monoisotopic (exact) mass is 174 g/mol. The van der Waals surface area contributed by atoms with Crippen molar-refractivity contribution in [3.8, 4) is 18.1 Å². The van der Waals surface area contributed by atoms with Crippen molar-refractivity contribution < 1.29 is 5.11 Å². The topological polar surface area (TPSA) is 20.2 Å².